The Morgan fingerprint density at radius 1 is 1.67 bits per heavy atom. The summed E-state index contributed by atoms with van der Waals surface area (Å²) >= 11 is 0. The van der Waals surface area contributed by atoms with Gasteiger partial charge in [-0.3, -0.25) is 4.79 Å². The molecule has 0 aliphatic carbocycles. The minimum atomic E-state index is -1.43. The summed E-state index contributed by atoms with van der Waals surface area (Å²) in [5.41, 5.74) is 0. The van der Waals surface area contributed by atoms with Gasteiger partial charge in [-0.2, -0.15) is 0 Å². The first-order valence-corrected chi connectivity index (χ1v) is 0.952. The number of carboxylic acids is 1. The quantitative estimate of drug-likeness (QED) is 0.283. The first-order chi connectivity index (χ1) is 2.27. The number of aliphatic carboxylic acids is 1. The predicted molar refractivity (Wildman–Crippen MR) is 13.7 cm³/mol. The maximum atomic E-state index is 9.00. The molecule has 0 spiro atoms. The van der Waals surface area contributed by atoms with Crippen LogP contribution in [-0.2, 0) is 31.3 Å². The van der Waals surface area contributed by atoms with Crippen molar-refractivity contribution in [3.05, 3.63) is 0 Å². The molecule has 6 heavy (non-hydrogen) atoms. The molecule has 4 heteroatoms. The van der Waals surface area contributed by atoms with Crippen molar-refractivity contribution in [1.29, 1.82) is 0 Å². The van der Waals surface area contributed by atoms with E-state index in [0.29, 0.717) is 0 Å². The molecule has 0 saturated heterocycles. The molecule has 0 rings (SSSR count). The van der Waals surface area contributed by atoms with Crippen LogP contribution in [0.4, 0.5) is 0 Å². The van der Waals surface area contributed by atoms with E-state index in [-0.39, 0.29) is 28.0 Å². The summed E-state index contributed by atoms with van der Waals surface area (Å²) in [5.74, 6) is -1.43. The standard InChI is InChI=1S/C2H2O3.Ti/c3-1-2(4)5;/h1H,(H,4,5);. The summed E-state index contributed by atoms with van der Waals surface area (Å²) in [6.07, 6.45) is -0.167. The van der Waals surface area contributed by atoms with Crippen molar-refractivity contribution in [2.45, 2.75) is 0 Å². The molecule has 0 bridgehead atoms. The number of hydrogen-bond acceptors (Lipinski definition) is 2. The maximum absolute atomic E-state index is 9.00. The smallest absolute Gasteiger partial charge is 0.368 e. The molecule has 0 fully saturated rings. The van der Waals surface area contributed by atoms with Gasteiger partial charge >= 0.3 is 5.97 Å². The molecule has 0 atom stereocenters. The summed E-state index contributed by atoms with van der Waals surface area (Å²) in [6, 6.07) is 0. The molecule has 0 radical (unpaired) electrons. The van der Waals surface area contributed by atoms with Gasteiger partial charge in [0.15, 0.2) is 0 Å². The SMILES string of the molecule is O=CC(=O)O.[Ti]. The third-order valence-corrected chi connectivity index (χ3v) is 0.101. The minimum absolute atomic E-state index is 0. The summed E-state index contributed by atoms with van der Waals surface area (Å²) in [7, 11) is 0. The van der Waals surface area contributed by atoms with Crippen LogP contribution in [0.5, 0.6) is 0 Å². The van der Waals surface area contributed by atoms with Crippen molar-refractivity contribution < 1.29 is 36.4 Å². The second-order valence-electron chi connectivity index (χ2n) is 0.456. The fourth-order valence-corrected chi connectivity index (χ4v) is 0. The van der Waals surface area contributed by atoms with Crippen molar-refractivity contribution in [2.75, 3.05) is 0 Å². The Balaban J connectivity index is 0. The molecule has 0 aliphatic rings. The van der Waals surface area contributed by atoms with Crippen LogP contribution in [0.1, 0.15) is 0 Å². The molecule has 32 valence electrons. The van der Waals surface area contributed by atoms with Gasteiger partial charge in [0, 0.05) is 21.7 Å². The van der Waals surface area contributed by atoms with Gasteiger partial charge in [-0.15, -0.1) is 0 Å². The van der Waals surface area contributed by atoms with Crippen molar-refractivity contribution >= 4 is 12.3 Å². The molecule has 1 N–H and O–H groups in total. The minimum Gasteiger partial charge on any atom is -0.476 e. The van der Waals surface area contributed by atoms with Crippen molar-refractivity contribution in [3.63, 3.8) is 0 Å². The molecule has 0 amide bonds. The topological polar surface area (TPSA) is 54.4 Å². The first-order valence-electron chi connectivity index (χ1n) is 0.952. The zero-order chi connectivity index (χ0) is 4.28. The molecule has 0 heterocycles. The fourth-order valence-electron chi connectivity index (χ4n) is 0. The average Bonchev–Trinajstić information content (AvgIpc) is 1.38. The van der Waals surface area contributed by atoms with E-state index in [1.165, 1.54) is 0 Å². The Morgan fingerprint density at radius 3 is 1.83 bits per heavy atom. The number of hydrogen-bond donors (Lipinski definition) is 1. The Bertz CT molecular complexity index is 59.8. The zero-order valence-electron chi connectivity index (χ0n) is 2.84. The maximum Gasteiger partial charge on any atom is 0.368 e. The van der Waals surface area contributed by atoms with Crippen LogP contribution in [0.15, 0.2) is 0 Å². The van der Waals surface area contributed by atoms with Gasteiger partial charge in [-0.1, -0.05) is 0 Å². The summed E-state index contributed by atoms with van der Waals surface area (Å²) in [5, 5.41) is 7.35. The molecule has 0 aliphatic heterocycles. The van der Waals surface area contributed by atoms with E-state index in [1.54, 1.807) is 0 Å². The van der Waals surface area contributed by atoms with E-state index in [4.69, 9.17) is 14.7 Å². The van der Waals surface area contributed by atoms with Gasteiger partial charge < -0.3 is 5.11 Å². The second-order valence-corrected chi connectivity index (χ2v) is 0.456. The molecule has 3 nitrogen and oxygen atoms in total. The van der Waals surface area contributed by atoms with Crippen LogP contribution in [-0.4, -0.2) is 17.4 Å². The van der Waals surface area contributed by atoms with Crippen molar-refractivity contribution in [1.82, 2.24) is 0 Å². The summed E-state index contributed by atoms with van der Waals surface area (Å²) in [6.45, 7) is 0. The predicted octanol–water partition coefficient (Wildman–Crippen LogP) is -0.733. The molecule has 0 aromatic carbocycles. The molecule has 0 aromatic rings. The molecule has 0 aromatic heterocycles. The molecule has 0 saturated carbocycles. The van der Waals surface area contributed by atoms with Gasteiger partial charge in [0.05, 0.1) is 0 Å². The van der Waals surface area contributed by atoms with Crippen LogP contribution in [0.3, 0.4) is 0 Å². The van der Waals surface area contributed by atoms with Gasteiger partial charge in [0.1, 0.15) is 0 Å². The number of carbonyl (C=O) groups excluding carboxylic acids is 1. The number of carbonyl (C=O) groups is 2. The molecule has 0 unspecified atom stereocenters. The summed E-state index contributed by atoms with van der Waals surface area (Å²) < 4.78 is 0. The fraction of sp³-hybridized carbons (Fsp3) is 0. The third-order valence-electron chi connectivity index (χ3n) is 0.101. The Morgan fingerprint density at radius 2 is 1.83 bits per heavy atom. The van der Waals surface area contributed by atoms with E-state index >= 15 is 0 Å². The van der Waals surface area contributed by atoms with Crippen LogP contribution in [0.2, 0.25) is 0 Å². The van der Waals surface area contributed by atoms with E-state index < -0.39 is 5.97 Å². The van der Waals surface area contributed by atoms with Crippen molar-refractivity contribution in [3.8, 4) is 0 Å². The van der Waals surface area contributed by atoms with Crippen LogP contribution >= 0.6 is 0 Å². The van der Waals surface area contributed by atoms with Crippen LogP contribution in [0, 0.1) is 0 Å². The Hall–Kier alpha value is -0.146. The second kappa shape index (κ2) is 4.85. The molecular formula is C2H2O3Ti. The average molecular weight is 122 g/mol. The normalized spacial score (nSPS) is 5.33. The van der Waals surface area contributed by atoms with E-state index in [1.807, 2.05) is 0 Å². The van der Waals surface area contributed by atoms with Crippen LogP contribution < -0.4 is 0 Å². The number of aldehydes is 1. The van der Waals surface area contributed by atoms with Crippen molar-refractivity contribution in [2.24, 2.45) is 0 Å². The van der Waals surface area contributed by atoms with Gasteiger partial charge in [0.2, 0.25) is 6.29 Å². The van der Waals surface area contributed by atoms with Gasteiger partial charge in [-0.05, 0) is 0 Å². The first kappa shape index (κ1) is 9.29. The van der Waals surface area contributed by atoms with E-state index in [2.05, 4.69) is 0 Å². The zero-order valence-corrected chi connectivity index (χ0v) is 4.40. The largest absolute Gasteiger partial charge is 0.476 e. The monoisotopic (exact) mass is 122 g/mol. The summed E-state index contributed by atoms with van der Waals surface area (Å²) in [4.78, 5) is 17.9. The van der Waals surface area contributed by atoms with E-state index in [0.717, 1.165) is 0 Å². The molecular weight excluding hydrogens is 120 g/mol. The van der Waals surface area contributed by atoms with Gasteiger partial charge in [-0.25, -0.2) is 4.79 Å². The Kier molecular flexibility index (Phi) is 7.51. The van der Waals surface area contributed by atoms with Gasteiger partial charge in [0.25, 0.3) is 0 Å². The third kappa shape index (κ3) is 9.13. The number of rotatable bonds is 1. The number of carboxylic acid groups (broad SMARTS) is 1. The van der Waals surface area contributed by atoms with E-state index in [9.17, 15) is 0 Å². The Labute approximate surface area is 49.2 Å². The van der Waals surface area contributed by atoms with Crippen LogP contribution in [0.25, 0.3) is 0 Å².